The molecular weight excluding hydrogens is 304 g/mol. The fraction of sp³-hybridized carbons (Fsp3) is 0.455. The number of rotatable bonds is 3. The molecule has 0 bridgehead atoms. The van der Waals surface area contributed by atoms with E-state index in [-0.39, 0.29) is 6.04 Å². The zero-order valence-corrected chi connectivity index (χ0v) is 12.0. The largest absolute Gasteiger partial charge is 0.305 e. The highest BCUT2D eigenvalue weighted by molar-refractivity contribution is 9.10. The van der Waals surface area contributed by atoms with Crippen molar-refractivity contribution in [1.29, 1.82) is 0 Å². The molecule has 2 rings (SSSR count). The standard InChI is InChI=1S/C11H15BrN2O2S/c1-14-6-5-10(8-14)13-17(15,16)11-4-2-3-9(12)7-11/h2-4,7,10,13H,5-6,8H2,1H3. The average Bonchev–Trinajstić information content (AvgIpc) is 2.63. The minimum absolute atomic E-state index is 0.0176. The molecule has 1 fully saturated rings. The first-order valence-corrected chi connectivity index (χ1v) is 7.71. The van der Waals surface area contributed by atoms with E-state index in [4.69, 9.17) is 0 Å². The van der Waals surface area contributed by atoms with Gasteiger partial charge in [-0.3, -0.25) is 0 Å². The maximum Gasteiger partial charge on any atom is 0.240 e. The predicted molar refractivity (Wildman–Crippen MR) is 70.4 cm³/mol. The van der Waals surface area contributed by atoms with Crippen LogP contribution in [0.5, 0.6) is 0 Å². The van der Waals surface area contributed by atoms with Gasteiger partial charge in [0.05, 0.1) is 4.90 Å². The number of nitrogens with zero attached hydrogens (tertiary/aromatic N) is 1. The third-order valence-electron chi connectivity index (χ3n) is 2.82. The second-order valence-corrected chi connectivity index (χ2v) is 6.96. The molecule has 1 heterocycles. The molecule has 1 atom stereocenters. The van der Waals surface area contributed by atoms with Gasteiger partial charge in [0, 0.05) is 17.1 Å². The average molecular weight is 319 g/mol. The van der Waals surface area contributed by atoms with E-state index in [0.29, 0.717) is 4.90 Å². The molecule has 4 nitrogen and oxygen atoms in total. The van der Waals surface area contributed by atoms with Gasteiger partial charge in [-0.15, -0.1) is 0 Å². The Bertz CT molecular complexity index is 504. The van der Waals surface area contributed by atoms with E-state index in [9.17, 15) is 8.42 Å². The third-order valence-corrected chi connectivity index (χ3v) is 4.83. The molecule has 1 aromatic carbocycles. The molecule has 94 valence electrons. The Labute approximate surface area is 110 Å². The van der Waals surface area contributed by atoms with Gasteiger partial charge >= 0.3 is 0 Å². The SMILES string of the molecule is CN1CCC(NS(=O)(=O)c2cccc(Br)c2)C1. The van der Waals surface area contributed by atoms with E-state index in [0.717, 1.165) is 24.0 Å². The molecule has 0 spiro atoms. The van der Waals surface area contributed by atoms with Crippen molar-refractivity contribution in [3.8, 4) is 0 Å². The predicted octanol–water partition coefficient (Wildman–Crippen LogP) is 1.43. The van der Waals surface area contributed by atoms with Crippen molar-refractivity contribution in [2.45, 2.75) is 17.4 Å². The maximum atomic E-state index is 12.1. The Balaban J connectivity index is 2.14. The van der Waals surface area contributed by atoms with Gasteiger partial charge in [-0.2, -0.15) is 0 Å². The topological polar surface area (TPSA) is 49.4 Å². The lowest BCUT2D eigenvalue weighted by Gasteiger charge is -2.13. The Kier molecular flexibility index (Phi) is 3.87. The summed E-state index contributed by atoms with van der Waals surface area (Å²) in [5.74, 6) is 0. The molecule has 1 N–H and O–H groups in total. The summed E-state index contributed by atoms with van der Waals surface area (Å²) in [5.41, 5.74) is 0. The first kappa shape index (κ1) is 13.0. The highest BCUT2D eigenvalue weighted by Crippen LogP contribution is 2.17. The molecule has 6 heteroatoms. The highest BCUT2D eigenvalue weighted by Gasteiger charge is 2.25. The molecular formula is C11H15BrN2O2S. The van der Waals surface area contributed by atoms with Crippen LogP contribution in [0, 0.1) is 0 Å². The molecule has 0 aromatic heterocycles. The van der Waals surface area contributed by atoms with Gasteiger partial charge in [0.2, 0.25) is 10.0 Å². The van der Waals surface area contributed by atoms with Crippen molar-refractivity contribution >= 4 is 26.0 Å². The summed E-state index contributed by atoms with van der Waals surface area (Å²) in [6.45, 7) is 1.71. The number of likely N-dealkylation sites (tertiary alicyclic amines) is 1. The highest BCUT2D eigenvalue weighted by atomic mass is 79.9. The van der Waals surface area contributed by atoms with Crippen molar-refractivity contribution in [1.82, 2.24) is 9.62 Å². The zero-order valence-electron chi connectivity index (χ0n) is 9.56. The lowest BCUT2D eigenvalue weighted by molar-refractivity contribution is 0.407. The first-order chi connectivity index (χ1) is 7.97. The smallest absolute Gasteiger partial charge is 0.240 e. The molecule has 1 aliphatic heterocycles. The van der Waals surface area contributed by atoms with E-state index in [1.807, 2.05) is 13.1 Å². The Morgan fingerprint density at radius 3 is 2.82 bits per heavy atom. The monoisotopic (exact) mass is 318 g/mol. The summed E-state index contributed by atoms with van der Waals surface area (Å²) in [4.78, 5) is 2.43. The molecule has 0 aliphatic carbocycles. The van der Waals surface area contributed by atoms with Gasteiger partial charge in [0.1, 0.15) is 0 Å². The molecule has 0 amide bonds. The molecule has 17 heavy (non-hydrogen) atoms. The van der Waals surface area contributed by atoms with Crippen LogP contribution in [0.4, 0.5) is 0 Å². The van der Waals surface area contributed by atoms with Crippen LogP contribution in [-0.2, 0) is 10.0 Å². The summed E-state index contributed by atoms with van der Waals surface area (Å²) in [5, 5.41) is 0. The number of hydrogen-bond donors (Lipinski definition) is 1. The Morgan fingerprint density at radius 1 is 1.47 bits per heavy atom. The summed E-state index contributed by atoms with van der Waals surface area (Å²) in [6.07, 6.45) is 0.865. The number of sulfonamides is 1. The van der Waals surface area contributed by atoms with Crippen LogP contribution < -0.4 is 4.72 Å². The molecule has 0 saturated carbocycles. The lowest BCUT2D eigenvalue weighted by atomic mass is 10.3. The number of nitrogens with one attached hydrogen (secondary N) is 1. The normalized spacial score (nSPS) is 21.9. The summed E-state index contributed by atoms with van der Waals surface area (Å²) >= 11 is 3.28. The number of likely N-dealkylation sites (N-methyl/N-ethyl adjacent to an activating group) is 1. The van der Waals surface area contributed by atoms with Gasteiger partial charge in [0.25, 0.3) is 0 Å². The van der Waals surface area contributed by atoms with Gasteiger partial charge in [-0.25, -0.2) is 13.1 Å². The van der Waals surface area contributed by atoms with Gasteiger partial charge in [-0.05, 0) is 38.2 Å². The Hall–Kier alpha value is -0.430. The fourth-order valence-corrected chi connectivity index (χ4v) is 3.81. The van der Waals surface area contributed by atoms with E-state index >= 15 is 0 Å². The Morgan fingerprint density at radius 2 is 2.24 bits per heavy atom. The minimum Gasteiger partial charge on any atom is -0.305 e. The van der Waals surface area contributed by atoms with E-state index in [1.54, 1.807) is 18.2 Å². The van der Waals surface area contributed by atoms with E-state index < -0.39 is 10.0 Å². The number of hydrogen-bond acceptors (Lipinski definition) is 3. The van der Waals surface area contributed by atoms with E-state index in [1.165, 1.54) is 0 Å². The van der Waals surface area contributed by atoms with Crippen molar-refractivity contribution in [2.75, 3.05) is 20.1 Å². The molecule has 0 radical (unpaired) electrons. The number of benzene rings is 1. The van der Waals surface area contributed by atoms with Crippen molar-refractivity contribution < 1.29 is 8.42 Å². The molecule has 1 aliphatic rings. The molecule has 1 unspecified atom stereocenters. The van der Waals surface area contributed by atoms with Crippen LogP contribution in [0.1, 0.15) is 6.42 Å². The van der Waals surface area contributed by atoms with Crippen LogP contribution in [0.3, 0.4) is 0 Å². The van der Waals surface area contributed by atoms with Crippen LogP contribution in [0.2, 0.25) is 0 Å². The first-order valence-electron chi connectivity index (χ1n) is 5.44. The van der Waals surface area contributed by atoms with Crippen molar-refractivity contribution in [3.05, 3.63) is 28.7 Å². The van der Waals surface area contributed by atoms with Gasteiger partial charge in [-0.1, -0.05) is 22.0 Å². The van der Waals surface area contributed by atoms with Crippen LogP contribution in [0.25, 0.3) is 0 Å². The zero-order chi connectivity index (χ0) is 12.5. The summed E-state index contributed by atoms with van der Waals surface area (Å²) < 4.78 is 27.7. The fourth-order valence-electron chi connectivity index (χ4n) is 1.95. The van der Waals surface area contributed by atoms with Crippen molar-refractivity contribution in [3.63, 3.8) is 0 Å². The minimum atomic E-state index is -3.40. The van der Waals surface area contributed by atoms with Gasteiger partial charge in [0.15, 0.2) is 0 Å². The lowest BCUT2D eigenvalue weighted by Crippen LogP contribution is -2.36. The number of halogens is 1. The maximum absolute atomic E-state index is 12.1. The van der Waals surface area contributed by atoms with Crippen molar-refractivity contribution in [2.24, 2.45) is 0 Å². The second kappa shape index (κ2) is 5.06. The molecule has 1 aromatic rings. The summed E-state index contributed by atoms with van der Waals surface area (Å²) in [6, 6.07) is 6.76. The van der Waals surface area contributed by atoms with E-state index in [2.05, 4.69) is 25.6 Å². The quantitative estimate of drug-likeness (QED) is 0.917. The summed E-state index contributed by atoms with van der Waals surface area (Å²) in [7, 11) is -1.40. The third kappa shape index (κ3) is 3.28. The van der Waals surface area contributed by atoms with Crippen LogP contribution in [0.15, 0.2) is 33.6 Å². The van der Waals surface area contributed by atoms with Crippen LogP contribution in [-0.4, -0.2) is 39.5 Å². The second-order valence-electron chi connectivity index (χ2n) is 4.33. The molecule has 1 saturated heterocycles. The van der Waals surface area contributed by atoms with Gasteiger partial charge < -0.3 is 4.90 Å². The van der Waals surface area contributed by atoms with Crippen LogP contribution >= 0.6 is 15.9 Å².